The maximum Gasteiger partial charge on any atom is 1.00 e. The molecule has 110 valence electrons. The molecule has 0 fully saturated rings. The minimum Gasteiger partial charge on any atom is -0.480 e. The molecule has 1 aromatic rings. The fraction of sp³-hybridized carbons (Fsp3) is 0.231. The van der Waals surface area contributed by atoms with Gasteiger partial charge in [0.15, 0.2) is 5.75 Å². The first-order valence-electron chi connectivity index (χ1n) is 5.56. The van der Waals surface area contributed by atoms with Crippen LogP contribution in [0.15, 0.2) is 12.1 Å². The van der Waals surface area contributed by atoms with Crippen LogP contribution in [0.5, 0.6) is 5.75 Å². The standard InChI is InChI=1S/C13H13I2NO4.2Na/c1-6(2)13(19)20-11-8(14)3-7(4-9(11)15)5-10(16)12(17)18;;/h3-4,6,10H,1-2,5,16H2,(H,17,18);;/q-2;2*+1. The first kappa shape index (κ1) is 25.8. The van der Waals surface area contributed by atoms with Gasteiger partial charge in [-0.3, -0.25) is 9.59 Å². The van der Waals surface area contributed by atoms with E-state index >= 15 is 0 Å². The molecule has 0 bridgehead atoms. The van der Waals surface area contributed by atoms with Crippen molar-refractivity contribution in [2.75, 3.05) is 0 Å². The van der Waals surface area contributed by atoms with Gasteiger partial charge < -0.3 is 29.4 Å². The summed E-state index contributed by atoms with van der Waals surface area (Å²) in [6.07, 6.45) is 0.211. The van der Waals surface area contributed by atoms with E-state index in [-0.39, 0.29) is 65.5 Å². The molecule has 1 unspecified atom stereocenters. The Labute approximate surface area is 201 Å². The zero-order valence-electron chi connectivity index (χ0n) is 12.4. The SMILES string of the molecule is [CH2-]C([CH2-])C(=O)Oc1c(I)cc(CC(N)C(=O)O)cc1I.[Na+].[Na+]. The van der Waals surface area contributed by atoms with Crippen molar-refractivity contribution in [3.05, 3.63) is 38.7 Å². The average Bonchev–Trinajstić information content (AvgIpc) is 2.33. The van der Waals surface area contributed by atoms with Gasteiger partial charge in [0.2, 0.25) is 0 Å². The van der Waals surface area contributed by atoms with Crippen LogP contribution in [0.25, 0.3) is 0 Å². The number of carboxylic acid groups (broad SMARTS) is 1. The van der Waals surface area contributed by atoms with Crippen molar-refractivity contribution >= 4 is 57.1 Å². The third-order valence-corrected chi connectivity index (χ3v) is 3.97. The van der Waals surface area contributed by atoms with Gasteiger partial charge in [0.1, 0.15) is 6.04 Å². The largest absolute Gasteiger partial charge is 1.00 e. The molecule has 5 nitrogen and oxygen atoms in total. The molecule has 0 spiro atoms. The van der Waals surface area contributed by atoms with Gasteiger partial charge in [0.05, 0.1) is 7.14 Å². The van der Waals surface area contributed by atoms with Gasteiger partial charge in [0, 0.05) is 0 Å². The molecule has 0 heterocycles. The number of carboxylic acids is 1. The number of rotatable bonds is 5. The fourth-order valence-electron chi connectivity index (χ4n) is 1.35. The maximum atomic E-state index is 11.5. The second-order valence-electron chi connectivity index (χ2n) is 4.16. The Bertz CT molecular complexity index is 518. The molecule has 22 heavy (non-hydrogen) atoms. The quantitative estimate of drug-likeness (QED) is 0.129. The third kappa shape index (κ3) is 8.11. The Balaban J connectivity index is 0. The Morgan fingerprint density at radius 2 is 1.68 bits per heavy atom. The number of aliphatic carboxylic acids is 1. The summed E-state index contributed by atoms with van der Waals surface area (Å²) in [4.78, 5) is 22.3. The third-order valence-electron chi connectivity index (χ3n) is 2.37. The van der Waals surface area contributed by atoms with Crippen LogP contribution in [0.4, 0.5) is 0 Å². The van der Waals surface area contributed by atoms with E-state index in [1.54, 1.807) is 12.1 Å². The zero-order valence-corrected chi connectivity index (χ0v) is 20.8. The molecular weight excluding hydrogens is 534 g/mol. The van der Waals surface area contributed by atoms with Crippen molar-refractivity contribution in [3.63, 3.8) is 0 Å². The summed E-state index contributed by atoms with van der Waals surface area (Å²) in [6.45, 7) is 7.00. The summed E-state index contributed by atoms with van der Waals surface area (Å²) in [7, 11) is 0. The van der Waals surface area contributed by atoms with E-state index in [1.807, 2.05) is 45.2 Å². The molecule has 3 N–H and O–H groups in total. The number of hydrogen-bond acceptors (Lipinski definition) is 4. The van der Waals surface area contributed by atoms with E-state index in [0.717, 1.165) is 5.56 Å². The first-order chi connectivity index (χ1) is 9.22. The van der Waals surface area contributed by atoms with Crippen molar-refractivity contribution in [2.45, 2.75) is 12.5 Å². The molecule has 0 aliphatic heterocycles. The molecule has 0 radical (unpaired) electrons. The van der Waals surface area contributed by atoms with Gasteiger partial charge in [-0.15, -0.1) is 0 Å². The first-order valence-corrected chi connectivity index (χ1v) is 7.72. The Morgan fingerprint density at radius 1 is 1.23 bits per heavy atom. The van der Waals surface area contributed by atoms with Crippen LogP contribution in [0.3, 0.4) is 0 Å². The Kier molecular flexibility index (Phi) is 14.1. The van der Waals surface area contributed by atoms with Gasteiger partial charge in [-0.25, -0.2) is 5.92 Å². The van der Waals surface area contributed by atoms with Crippen LogP contribution >= 0.6 is 45.2 Å². The van der Waals surface area contributed by atoms with Crippen LogP contribution in [0, 0.1) is 26.9 Å². The number of carbonyl (C=O) groups excluding carboxylic acids is 1. The van der Waals surface area contributed by atoms with Gasteiger partial charge >= 0.3 is 65.1 Å². The number of benzene rings is 1. The van der Waals surface area contributed by atoms with Gasteiger partial charge in [0.25, 0.3) is 5.97 Å². The van der Waals surface area contributed by atoms with Gasteiger partial charge in [-0.1, -0.05) is 0 Å². The summed E-state index contributed by atoms with van der Waals surface area (Å²) in [5.41, 5.74) is 6.27. The number of hydrogen-bond donors (Lipinski definition) is 2. The molecule has 0 aromatic heterocycles. The topological polar surface area (TPSA) is 89.6 Å². The monoisotopic (exact) mass is 547 g/mol. The zero-order chi connectivity index (χ0) is 15.4. The number of halogens is 2. The Morgan fingerprint density at radius 3 is 2.05 bits per heavy atom. The predicted molar refractivity (Wildman–Crippen MR) is 91.0 cm³/mol. The molecule has 0 saturated carbocycles. The predicted octanol–water partition coefficient (Wildman–Crippen LogP) is -3.95. The summed E-state index contributed by atoms with van der Waals surface area (Å²) < 4.78 is 6.63. The summed E-state index contributed by atoms with van der Waals surface area (Å²) in [5.74, 6) is -1.85. The molecule has 9 heteroatoms. The molecule has 1 atom stereocenters. The minimum atomic E-state index is -1.05. The number of nitrogens with two attached hydrogens (primary N) is 1. The summed E-state index contributed by atoms with van der Waals surface area (Å²) >= 11 is 4.04. The van der Waals surface area contributed by atoms with Crippen LogP contribution in [-0.4, -0.2) is 23.1 Å². The van der Waals surface area contributed by atoms with E-state index in [4.69, 9.17) is 15.6 Å². The molecule has 1 rings (SSSR count). The molecular formula is C13H13I2NNa2O4. The van der Waals surface area contributed by atoms with Crippen LogP contribution in [-0.2, 0) is 16.0 Å². The van der Waals surface area contributed by atoms with Crippen molar-refractivity contribution < 1.29 is 78.5 Å². The second kappa shape index (κ2) is 12.0. The maximum absolute atomic E-state index is 11.5. The van der Waals surface area contributed by atoms with Crippen LogP contribution < -0.4 is 69.6 Å². The van der Waals surface area contributed by atoms with Gasteiger partial charge in [-0.2, -0.15) is 0 Å². The van der Waals surface area contributed by atoms with E-state index in [0.29, 0.717) is 12.9 Å². The van der Waals surface area contributed by atoms with Crippen molar-refractivity contribution in [3.8, 4) is 5.75 Å². The molecule has 0 aliphatic carbocycles. The summed E-state index contributed by atoms with van der Waals surface area (Å²) in [5, 5.41) is 8.80. The summed E-state index contributed by atoms with van der Waals surface area (Å²) in [6, 6.07) is 2.53. The number of ether oxygens (including phenoxy) is 1. The second-order valence-corrected chi connectivity index (χ2v) is 6.48. The van der Waals surface area contributed by atoms with E-state index < -0.39 is 23.9 Å². The van der Waals surface area contributed by atoms with Crippen molar-refractivity contribution in [1.82, 2.24) is 0 Å². The minimum absolute atomic E-state index is 0. The van der Waals surface area contributed by atoms with Crippen molar-refractivity contribution in [2.24, 2.45) is 11.7 Å². The van der Waals surface area contributed by atoms with E-state index in [2.05, 4.69) is 13.8 Å². The van der Waals surface area contributed by atoms with E-state index in [1.165, 1.54) is 0 Å². The fourth-order valence-corrected chi connectivity index (χ4v) is 3.47. The molecule has 0 aliphatic rings. The van der Waals surface area contributed by atoms with Gasteiger partial charge in [-0.05, 0) is 69.3 Å². The number of carbonyl (C=O) groups is 2. The number of esters is 1. The smallest absolute Gasteiger partial charge is 0.480 e. The molecule has 0 saturated heterocycles. The van der Waals surface area contributed by atoms with Crippen LogP contribution in [0.1, 0.15) is 5.56 Å². The van der Waals surface area contributed by atoms with E-state index in [9.17, 15) is 9.59 Å². The normalized spacial score (nSPS) is 11.2. The average molecular weight is 547 g/mol. The molecule has 0 amide bonds. The Hall–Kier alpha value is 1.58. The van der Waals surface area contributed by atoms with Crippen molar-refractivity contribution in [1.29, 1.82) is 0 Å². The van der Waals surface area contributed by atoms with Crippen LogP contribution in [0.2, 0.25) is 0 Å². The molecule has 1 aromatic carbocycles.